The lowest BCUT2D eigenvalue weighted by molar-refractivity contribution is 0.197. The Morgan fingerprint density at radius 1 is 1.43 bits per heavy atom. The third kappa shape index (κ3) is 1.37. The summed E-state index contributed by atoms with van der Waals surface area (Å²) in [6, 6.07) is 8.16. The van der Waals surface area contributed by atoms with Crippen LogP contribution >= 0.6 is 0 Å². The van der Waals surface area contributed by atoms with Crippen molar-refractivity contribution in [1.29, 1.82) is 0 Å². The molecule has 0 aromatic heterocycles. The van der Waals surface area contributed by atoms with E-state index in [9.17, 15) is 5.11 Å². The van der Waals surface area contributed by atoms with E-state index < -0.39 is 5.54 Å². The van der Waals surface area contributed by atoms with Crippen LogP contribution in [0.3, 0.4) is 0 Å². The number of rotatable bonds is 2. The maximum absolute atomic E-state index is 9.22. The molecule has 0 aliphatic heterocycles. The molecule has 1 aromatic carbocycles. The van der Waals surface area contributed by atoms with Gasteiger partial charge in [0, 0.05) is 11.5 Å². The van der Waals surface area contributed by atoms with Crippen LogP contribution in [0.15, 0.2) is 30.3 Å². The van der Waals surface area contributed by atoms with Crippen molar-refractivity contribution in [2.24, 2.45) is 5.73 Å². The first-order chi connectivity index (χ1) is 6.65. The fourth-order valence-electron chi connectivity index (χ4n) is 1.92. The number of benzene rings is 1. The SMILES string of the molecule is CC(N)(CO)C1C=Cc2ccccc21. The van der Waals surface area contributed by atoms with E-state index in [0.717, 1.165) is 0 Å². The Hall–Kier alpha value is -1.12. The largest absolute Gasteiger partial charge is 0.394 e. The van der Waals surface area contributed by atoms with Crippen LogP contribution in [0, 0.1) is 0 Å². The zero-order chi connectivity index (χ0) is 10.2. The third-order valence-corrected chi connectivity index (χ3v) is 2.85. The molecular weight excluding hydrogens is 174 g/mol. The van der Waals surface area contributed by atoms with Crippen molar-refractivity contribution in [1.82, 2.24) is 0 Å². The topological polar surface area (TPSA) is 46.2 Å². The molecular formula is C12H15NO. The Labute approximate surface area is 84.1 Å². The molecule has 0 saturated heterocycles. The second-order valence-electron chi connectivity index (χ2n) is 4.13. The molecule has 0 fully saturated rings. The molecule has 2 atom stereocenters. The van der Waals surface area contributed by atoms with Crippen LogP contribution in [-0.2, 0) is 0 Å². The van der Waals surface area contributed by atoms with Gasteiger partial charge in [0.15, 0.2) is 0 Å². The summed E-state index contributed by atoms with van der Waals surface area (Å²) in [5.41, 5.74) is 7.89. The van der Waals surface area contributed by atoms with Crippen LogP contribution in [0.5, 0.6) is 0 Å². The van der Waals surface area contributed by atoms with Gasteiger partial charge in [-0.3, -0.25) is 0 Å². The number of fused-ring (bicyclic) bond motifs is 1. The first-order valence-corrected chi connectivity index (χ1v) is 4.82. The molecule has 1 aliphatic rings. The van der Waals surface area contributed by atoms with Crippen LogP contribution in [0.2, 0.25) is 0 Å². The Balaban J connectivity index is 2.40. The predicted octanol–water partition coefficient (Wildman–Crippen LogP) is 1.51. The molecule has 2 unspecified atom stereocenters. The van der Waals surface area contributed by atoms with Crippen molar-refractivity contribution in [3.8, 4) is 0 Å². The second-order valence-corrected chi connectivity index (χ2v) is 4.13. The number of aliphatic hydroxyl groups is 1. The summed E-state index contributed by atoms with van der Waals surface area (Å²) in [6.07, 6.45) is 4.14. The Morgan fingerprint density at radius 3 is 2.86 bits per heavy atom. The third-order valence-electron chi connectivity index (χ3n) is 2.85. The fourth-order valence-corrected chi connectivity index (χ4v) is 1.92. The molecule has 0 spiro atoms. The average molecular weight is 189 g/mol. The van der Waals surface area contributed by atoms with Crippen LogP contribution in [0.1, 0.15) is 24.0 Å². The first-order valence-electron chi connectivity index (χ1n) is 4.82. The molecule has 14 heavy (non-hydrogen) atoms. The van der Waals surface area contributed by atoms with Crippen molar-refractivity contribution in [2.45, 2.75) is 18.4 Å². The highest BCUT2D eigenvalue weighted by atomic mass is 16.3. The van der Waals surface area contributed by atoms with Gasteiger partial charge in [0.25, 0.3) is 0 Å². The molecule has 0 saturated carbocycles. The lowest BCUT2D eigenvalue weighted by Gasteiger charge is -2.29. The van der Waals surface area contributed by atoms with E-state index in [1.807, 2.05) is 19.1 Å². The molecule has 74 valence electrons. The summed E-state index contributed by atoms with van der Waals surface area (Å²) in [7, 11) is 0. The Bertz CT molecular complexity index is 368. The van der Waals surface area contributed by atoms with Crippen LogP contribution < -0.4 is 5.73 Å². The minimum absolute atomic E-state index is 0.00363. The molecule has 0 radical (unpaired) electrons. The van der Waals surface area contributed by atoms with Crippen molar-refractivity contribution < 1.29 is 5.11 Å². The van der Waals surface area contributed by atoms with Crippen molar-refractivity contribution >= 4 is 6.08 Å². The number of aliphatic hydroxyl groups excluding tert-OH is 1. The summed E-state index contributed by atoms with van der Waals surface area (Å²) in [4.78, 5) is 0. The highest BCUT2D eigenvalue weighted by molar-refractivity contribution is 5.63. The van der Waals surface area contributed by atoms with Gasteiger partial charge in [0.05, 0.1) is 6.61 Å². The molecule has 2 rings (SSSR count). The monoisotopic (exact) mass is 189 g/mol. The standard InChI is InChI=1S/C12H15NO/c1-12(13,8-14)11-7-6-9-4-2-3-5-10(9)11/h2-7,11,14H,8,13H2,1H3. The van der Waals surface area contributed by atoms with Gasteiger partial charge >= 0.3 is 0 Å². The van der Waals surface area contributed by atoms with Crippen LogP contribution in [0.4, 0.5) is 0 Å². The lowest BCUT2D eigenvalue weighted by atomic mass is 9.83. The van der Waals surface area contributed by atoms with Crippen LogP contribution in [0.25, 0.3) is 6.08 Å². The van der Waals surface area contributed by atoms with Gasteiger partial charge in [0.2, 0.25) is 0 Å². The summed E-state index contributed by atoms with van der Waals surface area (Å²) in [5, 5.41) is 9.22. The fraction of sp³-hybridized carbons (Fsp3) is 0.333. The molecule has 0 heterocycles. The summed E-state index contributed by atoms with van der Waals surface area (Å²) in [6.45, 7) is 1.88. The van der Waals surface area contributed by atoms with E-state index in [4.69, 9.17) is 5.73 Å². The van der Waals surface area contributed by atoms with Crippen LogP contribution in [-0.4, -0.2) is 17.3 Å². The zero-order valence-electron chi connectivity index (χ0n) is 8.27. The lowest BCUT2D eigenvalue weighted by Crippen LogP contribution is -2.45. The smallest absolute Gasteiger partial charge is 0.0617 e. The maximum atomic E-state index is 9.22. The molecule has 0 amide bonds. The molecule has 2 nitrogen and oxygen atoms in total. The minimum atomic E-state index is -0.566. The number of nitrogens with two attached hydrogens (primary N) is 1. The minimum Gasteiger partial charge on any atom is -0.394 e. The van der Waals surface area contributed by atoms with Crippen molar-refractivity contribution in [3.63, 3.8) is 0 Å². The quantitative estimate of drug-likeness (QED) is 0.740. The Morgan fingerprint density at radius 2 is 2.14 bits per heavy atom. The molecule has 2 heteroatoms. The average Bonchev–Trinajstić information content (AvgIpc) is 2.61. The second kappa shape index (κ2) is 3.23. The van der Waals surface area contributed by atoms with E-state index in [1.165, 1.54) is 11.1 Å². The maximum Gasteiger partial charge on any atom is 0.0617 e. The van der Waals surface area contributed by atoms with Crippen molar-refractivity contribution in [2.75, 3.05) is 6.61 Å². The van der Waals surface area contributed by atoms with E-state index in [1.54, 1.807) is 0 Å². The number of hydrogen-bond acceptors (Lipinski definition) is 2. The molecule has 1 aromatic rings. The van der Waals surface area contributed by atoms with E-state index in [2.05, 4.69) is 24.3 Å². The van der Waals surface area contributed by atoms with Gasteiger partial charge in [-0.2, -0.15) is 0 Å². The predicted molar refractivity (Wildman–Crippen MR) is 57.9 cm³/mol. The highest BCUT2D eigenvalue weighted by Crippen LogP contribution is 2.36. The van der Waals surface area contributed by atoms with Gasteiger partial charge in [0.1, 0.15) is 0 Å². The van der Waals surface area contributed by atoms with E-state index in [0.29, 0.717) is 0 Å². The van der Waals surface area contributed by atoms with Gasteiger partial charge in [-0.25, -0.2) is 0 Å². The summed E-state index contributed by atoms with van der Waals surface area (Å²) < 4.78 is 0. The normalized spacial score (nSPS) is 23.2. The van der Waals surface area contributed by atoms with Gasteiger partial charge in [-0.1, -0.05) is 36.4 Å². The molecule has 0 bridgehead atoms. The highest BCUT2D eigenvalue weighted by Gasteiger charge is 2.32. The first kappa shape index (κ1) is 9.44. The number of hydrogen-bond donors (Lipinski definition) is 2. The van der Waals surface area contributed by atoms with E-state index in [-0.39, 0.29) is 12.5 Å². The summed E-state index contributed by atoms with van der Waals surface area (Å²) in [5.74, 6) is 0.128. The van der Waals surface area contributed by atoms with Gasteiger partial charge in [-0.15, -0.1) is 0 Å². The zero-order valence-corrected chi connectivity index (χ0v) is 8.27. The Kier molecular flexibility index (Phi) is 2.17. The van der Waals surface area contributed by atoms with Crippen molar-refractivity contribution in [3.05, 3.63) is 41.5 Å². The van der Waals surface area contributed by atoms with E-state index >= 15 is 0 Å². The van der Waals surface area contributed by atoms with Gasteiger partial charge in [-0.05, 0) is 18.1 Å². The van der Waals surface area contributed by atoms with Gasteiger partial charge < -0.3 is 10.8 Å². The summed E-state index contributed by atoms with van der Waals surface area (Å²) >= 11 is 0. The molecule has 1 aliphatic carbocycles. The molecule has 3 N–H and O–H groups in total.